The lowest BCUT2D eigenvalue weighted by molar-refractivity contribution is 0.0905. The number of benzene rings is 1. The van der Waals surface area contributed by atoms with Crippen LogP contribution in [0.5, 0.6) is 5.75 Å². The van der Waals surface area contributed by atoms with Gasteiger partial charge in [0.1, 0.15) is 5.75 Å². The Morgan fingerprint density at radius 2 is 2.15 bits per heavy atom. The van der Waals surface area contributed by atoms with Crippen molar-refractivity contribution < 1.29 is 9.53 Å². The van der Waals surface area contributed by atoms with E-state index in [2.05, 4.69) is 6.07 Å². The number of methoxy groups -OCH3 is 1. The molecule has 0 spiro atoms. The molecule has 0 aliphatic rings. The third-order valence-electron chi connectivity index (χ3n) is 3.25. The van der Waals surface area contributed by atoms with Crippen LogP contribution in [-0.2, 0) is 0 Å². The highest BCUT2D eigenvalue weighted by Crippen LogP contribution is 2.21. The van der Waals surface area contributed by atoms with Crippen molar-refractivity contribution in [1.29, 1.82) is 5.26 Å². The van der Waals surface area contributed by atoms with Crippen molar-refractivity contribution in [3.05, 3.63) is 29.3 Å². The third kappa shape index (κ3) is 4.36. The van der Waals surface area contributed by atoms with Crippen LogP contribution >= 0.6 is 0 Å². The number of ether oxygens (including phenoxy) is 1. The third-order valence-corrected chi connectivity index (χ3v) is 3.25. The van der Waals surface area contributed by atoms with Crippen LogP contribution < -0.4 is 4.74 Å². The molecule has 0 bridgehead atoms. The first-order valence-electron chi connectivity index (χ1n) is 6.78. The van der Waals surface area contributed by atoms with E-state index in [9.17, 15) is 4.79 Å². The summed E-state index contributed by atoms with van der Waals surface area (Å²) in [6, 6.07) is 7.92. The van der Waals surface area contributed by atoms with Crippen molar-refractivity contribution in [1.82, 2.24) is 4.90 Å². The number of nitrogens with zero attached hydrogens (tertiary/aromatic N) is 2. The fourth-order valence-corrected chi connectivity index (χ4v) is 2.01. The number of nitriles is 1. The molecular weight excluding hydrogens is 252 g/mol. The van der Waals surface area contributed by atoms with Gasteiger partial charge in [0.2, 0.25) is 0 Å². The molecule has 0 unspecified atom stereocenters. The van der Waals surface area contributed by atoms with E-state index in [0.717, 1.165) is 5.56 Å². The first-order chi connectivity index (χ1) is 9.49. The first-order valence-corrected chi connectivity index (χ1v) is 6.78. The van der Waals surface area contributed by atoms with Gasteiger partial charge in [-0.1, -0.05) is 6.07 Å². The Balaban J connectivity index is 2.86. The summed E-state index contributed by atoms with van der Waals surface area (Å²) in [5.74, 6) is 0.632. The van der Waals surface area contributed by atoms with E-state index in [1.165, 1.54) is 0 Å². The zero-order valence-corrected chi connectivity index (χ0v) is 12.6. The molecule has 0 radical (unpaired) electrons. The minimum atomic E-state index is 0.0217. The summed E-state index contributed by atoms with van der Waals surface area (Å²) in [6.07, 6.45) is 0.427. The predicted molar refractivity (Wildman–Crippen MR) is 79.0 cm³/mol. The number of rotatable bonds is 7. The molecule has 1 aromatic rings. The van der Waals surface area contributed by atoms with E-state index >= 15 is 0 Å². The molecule has 0 heterocycles. The molecule has 0 fully saturated rings. The number of carbonyl (C=O) groups is 1. The van der Waals surface area contributed by atoms with Crippen LogP contribution in [0, 0.1) is 18.3 Å². The fourth-order valence-electron chi connectivity index (χ4n) is 2.01. The summed E-state index contributed by atoms with van der Waals surface area (Å²) < 4.78 is 5.28. The molecule has 20 heavy (non-hydrogen) atoms. The fraction of sp³-hybridized carbons (Fsp3) is 0.500. The van der Waals surface area contributed by atoms with Crippen molar-refractivity contribution in [2.45, 2.75) is 33.2 Å². The minimum Gasteiger partial charge on any atom is -0.496 e. The van der Waals surface area contributed by atoms with Crippen molar-refractivity contribution in [2.24, 2.45) is 0 Å². The maximum absolute atomic E-state index is 12.4. The summed E-state index contributed by atoms with van der Waals surface area (Å²) in [5, 5.41) is 8.68. The van der Waals surface area contributed by atoms with E-state index in [4.69, 9.17) is 10.00 Å². The normalized spacial score (nSPS) is 10.7. The van der Waals surface area contributed by atoms with Crippen LogP contribution in [0.15, 0.2) is 18.2 Å². The standard InChI is InChI=1S/C16H22N2O2/c1-12(2)18(9-5-8-17)11-15(19)14-7-6-13(3)10-16(14)20-4/h6-7,10,12H,5,9,11H2,1-4H3. The SMILES string of the molecule is COc1cc(C)ccc1C(=O)CN(CCC#N)C(C)C. The Morgan fingerprint density at radius 1 is 1.45 bits per heavy atom. The number of aryl methyl sites for hydroxylation is 1. The molecular formula is C16H22N2O2. The van der Waals surface area contributed by atoms with Gasteiger partial charge in [0.25, 0.3) is 0 Å². The topological polar surface area (TPSA) is 53.3 Å². The lowest BCUT2D eigenvalue weighted by atomic mass is 10.1. The zero-order valence-electron chi connectivity index (χ0n) is 12.6. The molecule has 1 aromatic carbocycles. The summed E-state index contributed by atoms with van der Waals surface area (Å²) in [4.78, 5) is 14.4. The highest BCUT2D eigenvalue weighted by molar-refractivity contribution is 6.00. The van der Waals surface area contributed by atoms with E-state index < -0.39 is 0 Å². The Kier molecular flexibility index (Phi) is 6.20. The van der Waals surface area contributed by atoms with Crippen LogP contribution in [-0.4, -0.2) is 36.9 Å². The summed E-state index contributed by atoms with van der Waals surface area (Å²) in [7, 11) is 1.57. The quantitative estimate of drug-likeness (QED) is 0.717. The predicted octanol–water partition coefficient (Wildman–Crippen LogP) is 2.81. The summed E-state index contributed by atoms with van der Waals surface area (Å²) in [5.41, 5.74) is 1.66. The number of hydrogen-bond donors (Lipinski definition) is 0. The largest absolute Gasteiger partial charge is 0.496 e. The lowest BCUT2D eigenvalue weighted by Gasteiger charge is -2.24. The number of carbonyl (C=O) groups excluding carboxylic acids is 1. The second kappa shape index (κ2) is 7.66. The molecule has 0 saturated carbocycles. The number of Topliss-reactive ketones (excluding diaryl/α,β-unsaturated/α-hetero) is 1. The van der Waals surface area contributed by atoms with E-state index in [-0.39, 0.29) is 11.8 Å². The van der Waals surface area contributed by atoms with Gasteiger partial charge in [0.15, 0.2) is 5.78 Å². The van der Waals surface area contributed by atoms with Gasteiger partial charge >= 0.3 is 0 Å². The molecule has 108 valence electrons. The van der Waals surface area contributed by atoms with Crippen LogP contribution in [0.1, 0.15) is 36.2 Å². The van der Waals surface area contributed by atoms with Gasteiger partial charge < -0.3 is 4.74 Å². The Bertz CT molecular complexity index is 504. The minimum absolute atomic E-state index is 0.0217. The Morgan fingerprint density at radius 3 is 2.70 bits per heavy atom. The second-order valence-electron chi connectivity index (χ2n) is 5.10. The van der Waals surface area contributed by atoms with Crippen LogP contribution in [0.2, 0.25) is 0 Å². The summed E-state index contributed by atoms with van der Waals surface area (Å²) >= 11 is 0. The van der Waals surface area contributed by atoms with Crippen LogP contribution in [0.3, 0.4) is 0 Å². The van der Waals surface area contributed by atoms with E-state index in [0.29, 0.717) is 30.8 Å². The van der Waals surface area contributed by atoms with E-state index in [1.807, 2.05) is 37.8 Å². The summed E-state index contributed by atoms with van der Waals surface area (Å²) in [6.45, 7) is 6.92. The molecule has 0 atom stereocenters. The number of ketones is 1. The van der Waals surface area contributed by atoms with Gasteiger partial charge in [-0.25, -0.2) is 0 Å². The highest BCUT2D eigenvalue weighted by Gasteiger charge is 2.18. The van der Waals surface area contributed by atoms with Crippen molar-refractivity contribution >= 4 is 5.78 Å². The molecule has 0 amide bonds. The van der Waals surface area contributed by atoms with Gasteiger partial charge in [0.05, 0.1) is 25.3 Å². The van der Waals surface area contributed by atoms with E-state index in [1.54, 1.807) is 13.2 Å². The molecule has 4 heteroatoms. The highest BCUT2D eigenvalue weighted by atomic mass is 16.5. The molecule has 0 saturated heterocycles. The maximum Gasteiger partial charge on any atom is 0.180 e. The molecule has 0 aliphatic carbocycles. The van der Waals surface area contributed by atoms with Crippen molar-refractivity contribution in [3.8, 4) is 11.8 Å². The molecule has 4 nitrogen and oxygen atoms in total. The monoisotopic (exact) mass is 274 g/mol. The molecule has 1 rings (SSSR count). The first kappa shape index (κ1) is 16.2. The molecule has 0 aliphatic heterocycles. The number of hydrogen-bond acceptors (Lipinski definition) is 4. The Hall–Kier alpha value is -1.86. The maximum atomic E-state index is 12.4. The molecule has 0 aromatic heterocycles. The average Bonchev–Trinajstić information content (AvgIpc) is 2.42. The van der Waals surface area contributed by atoms with Crippen molar-refractivity contribution in [2.75, 3.05) is 20.2 Å². The van der Waals surface area contributed by atoms with Crippen LogP contribution in [0.4, 0.5) is 0 Å². The van der Waals surface area contributed by atoms with Gasteiger partial charge in [0, 0.05) is 19.0 Å². The van der Waals surface area contributed by atoms with Crippen LogP contribution in [0.25, 0.3) is 0 Å². The lowest BCUT2D eigenvalue weighted by Crippen LogP contribution is -2.36. The van der Waals surface area contributed by atoms with Gasteiger partial charge in [-0.2, -0.15) is 5.26 Å². The van der Waals surface area contributed by atoms with Crippen molar-refractivity contribution in [3.63, 3.8) is 0 Å². The average molecular weight is 274 g/mol. The van der Waals surface area contributed by atoms with Gasteiger partial charge in [-0.3, -0.25) is 9.69 Å². The second-order valence-corrected chi connectivity index (χ2v) is 5.10. The van der Waals surface area contributed by atoms with Gasteiger partial charge in [-0.15, -0.1) is 0 Å². The van der Waals surface area contributed by atoms with Gasteiger partial charge in [-0.05, 0) is 38.5 Å². The molecule has 0 N–H and O–H groups in total. The Labute approximate surface area is 121 Å². The smallest absolute Gasteiger partial charge is 0.180 e. The zero-order chi connectivity index (χ0) is 15.1.